The number of nitrogens with two attached hydrogens (primary N) is 1. The molecule has 0 bridgehead atoms. The van der Waals surface area contributed by atoms with Gasteiger partial charge in [0.1, 0.15) is 18.2 Å². The fraction of sp³-hybridized carbons (Fsp3) is 0.714. The van der Waals surface area contributed by atoms with Crippen LogP contribution in [-0.2, 0) is 11.3 Å². The standard InChI is InChI=1S/C14H23N5O/c1-2-20-9-14-17-12(15)8-13(18-14)16-10-5-7-19-6-3-4-11(10)19/h8,10-11H,2-7,9H2,1H3,(H3,15,16,17,18). The predicted octanol–water partition coefficient (Wildman–Crippen LogP) is 1.24. The summed E-state index contributed by atoms with van der Waals surface area (Å²) < 4.78 is 5.35. The number of nitrogen functional groups attached to an aromatic ring is 1. The van der Waals surface area contributed by atoms with Gasteiger partial charge in [0, 0.05) is 31.3 Å². The molecule has 3 rings (SSSR count). The largest absolute Gasteiger partial charge is 0.384 e. The third-order valence-corrected chi connectivity index (χ3v) is 4.17. The molecule has 110 valence electrons. The molecule has 0 amide bonds. The first kappa shape index (κ1) is 13.6. The Morgan fingerprint density at radius 3 is 3.15 bits per heavy atom. The van der Waals surface area contributed by atoms with Gasteiger partial charge in [0.15, 0.2) is 5.82 Å². The van der Waals surface area contributed by atoms with Crippen LogP contribution < -0.4 is 11.1 Å². The van der Waals surface area contributed by atoms with Crippen LogP contribution in [0.3, 0.4) is 0 Å². The quantitative estimate of drug-likeness (QED) is 0.843. The second kappa shape index (κ2) is 5.93. The maximum atomic E-state index is 5.86. The fourth-order valence-corrected chi connectivity index (χ4v) is 3.29. The van der Waals surface area contributed by atoms with E-state index in [1.807, 2.05) is 13.0 Å². The highest BCUT2D eigenvalue weighted by Crippen LogP contribution is 2.29. The summed E-state index contributed by atoms with van der Waals surface area (Å²) >= 11 is 0. The molecule has 2 aliphatic rings. The summed E-state index contributed by atoms with van der Waals surface area (Å²) in [6.07, 6.45) is 3.77. The van der Waals surface area contributed by atoms with Crippen LogP contribution in [0.15, 0.2) is 6.07 Å². The van der Waals surface area contributed by atoms with Crippen molar-refractivity contribution in [1.82, 2.24) is 14.9 Å². The van der Waals surface area contributed by atoms with E-state index in [0.717, 1.165) is 5.82 Å². The van der Waals surface area contributed by atoms with Crippen LogP contribution in [0, 0.1) is 0 Å². The van der Waals surface area contributed by atoms with Crippen molar-refractivity contribution < 1.29 is 4.74 Å². The Balaban J connectivity index is 1.68. The lowest BCUT2D eigenvalue weighted by Gasteiger charge is -2.22. The molecule has 3 N–H and O–H groups in total. The molecule has 2 unspecified atom stereocenters. The Kier molecular flexibility index (Phi) is 4.03. The molecule has 0 aromatic carbocycles. The Labute approximate surface area is 119 Å². The third-order valence-electron chi connectivity index (χ3n) is 4.17. The fourth-order valence-electron chi connectivity index (χ4n) is 3.29. The van der Waals surface area contributed by atoms with Crippen LogP contribution in [0.4, 0.5) is 11.6 Å². The first-order valence-electron chi connectivity index (χ1n) is 7.48. The topological polar surface area (TPSA) is 76.3 Å². The van der Waals surface area contributed by atoms with Crippen LogP contribution in [0.1, 0.15) is 32.0 Å². The number of aromatic nitrogens is 2. The zero-order valence-corrected chi connectivity index (χ0v) is 12.0. The zero-order valence-electron chi connectivity index (χ0n) is 12.0. The van der Waals surface area contributed by atoms with Gasteiger partial charge in [-0.2, -0.15) is 0 Å². The Hall–Kier alpha value is -1.40. The summed E-state index contributed by atoms with van der Waals surface area (Å²) in [6, 6.07) is 2.95. The first-order chi connectivity index (χ1) is 9.76. The van der Waals surface area contributed by atoms with Crippen molar-refractivity contribution in [3.8, 4) is 0 Å². The number of hydrogen-bond donors (Lipinski definition) is 2. The summed E-state index contributed by atoms with van der Waals surface area (Å²) in [7, 11) is 0. The number of ether oxygens (including phenoxy) is 1. The average Bonchev–Trinajstić information content (AvgIpc) is 3.01. The number of nitrogens with one attached hydrogen (secondary N) is 1. The number of rotatable bonds is 5. The highest BCUT2D eigenvalue weighted by Gasteiger charge is 2.37. The number of hydrogen-bond acceptors (Lipinski definition) is 6. The molecule has 2 aliphatic heterocycles. The van der Waals surface area contributed by atoms with Gasteiger partial charge in [-0.3, -0.25) is 4.90 Å². The summed E-state index contributed by atoms with van der Waals surface area (Å²) in [5, 5.41) is 3.54. The number of fused-ring (bicyclic) bond motifs is 1. The highest BCUT2D eigenvalue weighted by atomic mass is 16.5. The van der Waals surface area contributed by atoms with Crippen molar-refractivity contribution in [2.24, 2.45) is 0 Å². The molecule has 2 saturated heterocycles. The minimum Gasteiger partial charge on any atom is -0.384 e. The Morgan fingerprint density at radius 1 is 1.40 bits per heavy atom. The molecule has 2 atom stereocenters. The molecule has 2 fully saturated rings. The van der Waals surface area contributed by atoms with Crippen LogP contribution in [0.25, 0.3) is 0 Å². The van der Waals surface area contributed by atoms with Crippen LogP contribution in [0.5, 0.6) is 0 Å². The monoisotopic (exact) mass is 277 g/mol. The molecule has 6 heteroatoms. The van der Waals surface area contributed by atoms with Crippen molar-refractivity contribution in [3.05, 3.63) is 11.9 Å². The summed E-state index contributed by atoms with van der Waals surface area (Å²) in [4.78, 5) is 11.3. The number of anilines is 2. The van der Waals surface area contributed by atoms with Crippen molar-refractivity contribution >= 4 is 11.6 Å². The summed E-state index contributed by atoms with van der Waals surface area (Å²) in [5.41, 5.74) is 5.86. The normalized spacial score (nSPS) is 25.9. The number of nitrogens with zero attached hydrogens (tertiary/aromatic N) is 3. The van der Waals surface area contributed by atoms with Gasteiger partial charge >= 0.3 is 0 Å². The molecular weight excluding hydrogens is 254 g/mol. The molecule has 0 spiro atoms. The zero-order chi connectivity index (χ0) is 13.9. The molecule has 1 aromatic heterocycles. The van der Waals surface area contributed by atoms with Gasteiger partial charge in [0.05, 0.1) is 0 Å². The van der Waals surface area contributed by atoms with Gasteiger partial charge in [-0.15, -0.1) is 0 Å². The van der Waals surface area contributed by atoms with E-state index < -0.39 is 0 Å². The van der Waals surface area contributed by atoms with E-state index >= 15 is 0 Å². The molecule has 3 heterocycles. The van der Waals surface area contributed by atoms with E-state index in [1.54, 1.807) is 0 Å². The lowest BCUT2D eigenvalue weighted by Crippen LogP contribution is -2.34. The van der Waals surface area contributed by atoms with Gasteiger partial charge < -0.3 is 15.8 Å². The van der Waals surface area contributed by atoms with Gasteiger partial charge in [0.25, 0.3) is 0 Å². The van der Waals surface area contributed by atoms with Gasteiger partial charge in [-0.05, 0) is 32.7 Å². The SMILES string of the molecule is CCOCc1nc(N)cc(NC2CCN3CCCC23)n1. The van der Waals surface area contributed by atoms with Crippen LogP contribution in [0.2, 0.25) is 0 Å². The molecule has 0 radical (unpaired) electrons. The molecule has 0 aliphatic carbocycles. The van der Waals surface area contributed by atoms with Crippen molar-refractivity contribution in [3.63, 3.8) is 0 Å². The molecule has 6 nitrogen and oxygen atoms in total. The second-order valence-electron chi connectivity index (χ2n) is 5.52. The average molecular weight is 277 g/mol. The molecule has 0 saturated carbocycles. The first-order valence-corrected chi connectivity index (χ1v) is 7.48. The lowest BCUT2D eigenvalue weighted by molar-refractivity contribution is 0.128. The maximum absolute atomic E-state index is 5.86. The molecule has 20 heavy (non-hydrogen) atoms. The summed E-state index contributed by atoms with van der Waals surface area (Å²) in [6.45, 7) is 5.45. The minimum absolute atomic E-state index is 0.413. The van der Waals surface area contributed by atoms with E-state index in [4.69, 9.17) is 10.5 Å². The minimum atomic E-state index is 0.413. The van der Waals surface area contributed by atoms with Crippen LogP contribution in [-0.4, -0.2) is 46.6 Å². The molecular formula is C14H23N5O. The predicted molar refractivity (Wildman–Crippen MR) is 78.4 cm³/mol. The van der Waals surface area contributed by atoms with Crippen LogP contribution >= 0.6 is 0 Å². The van der Waals surface area contributed by atoms with Crippen molar-refractivity contribution in [1.29, 1.82) is 0 Å². The van der Waals surface area contributed by atoms with E-state index in [-0.39, 0.29) is 0 Å². The van der Waals surface area contributed by atoms with Gasteiger partial charge in [-0.1, -0.05) is 0 Å². The maximum Gasteiger partial charge on any atom is 0.158 e. The lowest BCUT2D eigenvalue weighted by atomic mass is 10.1. The van der Waals surface area contributed by atoms with E-state index in [1.165, 1.54) is 32.4 Å². The van der Waals surface area contributed by atoms with E-state index in [2.05, 4.69) is 20.2 Å². The molecule has 1 aromatic rings. The Morgan fingerprint density at radius 2 is 2.30 bits per heavy atom. The summed E-state index contributed by atoms with van der Waals surface area (Å²) in [5.74, 6) is 1.97. The smallest absolute Gasteiger partial charge is 0.158 e. The van der Waals surface area contributed by atoms with E-state index in [0.29, 0.717) is 36.9 Å². The van der Waals surface area contributed by atoms with Crippen molar-refractivity contribution in [2.45, 2.75) is 44.9 Å². The van der Waals surface area contributed by atoms with Crippen molar-refractivity contribution in [2.75, 3.05) is 30.7 Å². The van der Waals surface area contributed by atoms with Gasteiger partial charge in [-0.25, -0.2) is 9.97 Å². The Bertz CT molecular complexity index is 467. The highest BCUT2D eigenvalue weighted by molar-refractivity contribution is 5.45. The third kappa shape index (κ3) is 2.86. The second-order valence-corrected chi connectivity index (χ2v) is 5.52. The van der Waals surface area contributed by atoms with E-state index in [9.17, 15) is 0 Å². The van der Waals surface area contributed by atoms with Gasteiger partial charge in [0.2, 0.25) is 0 Å².